The first kappa shape index (κ1) is 28.3. The largest absolute Gasteiger partial charge is 0.378 e. The number of benzene rings is 1. The molecule has 5 heterocycles. The molecule has 2 aliphatic rings. The number of nitrogens with zero attached hydrogens (tertiary/aromatic N) is 6. The van der Waals surface area contributed by atoms with E-state index in [4.69, 9.17) is 19.4 Å². The number of carbonyl (C=O) groups excluding carboxylic acids is 1. The van der Waals surface area contributed by atoms with Gasteiger partial charge in [-0.2, -0.15) is 5.10 Å². The maximum absolute atomic E-state index is 13.2. The average Bonchev–Trinajstić information content (AvgIpc) is 3.51. The number of amides is 2. The fourth-order valence-corrected chi connectivity index (χ4v) is 6.58. The predicted octanol–water partition coefficient (Wildman–Crippen LogP) is 4.88. The summed E-state index contributed by atoms with van der Waals surface area (Å²) < 4.78 is 30.7. The summed E-state index contributed by atoms with van der Waals surface area (Å²) in [5, 5.41) is 8.13. The number of anilines is 1. The number of hydrogen-bond donors (Lipinski definition) is 1. The first-order chi connectivity index (χ1) is 20.4. The zero-order valence-electron chi connectivity index (χ0n) is 23.9. The molecule has 2 saturated heterocycles. The third-order valence-electron chi connectivity index (χ3n) is 7.58. The summed E-state index contributed by atoms with van der Waals surface area (Å²) in [5.41, 5.74) is 4.27. The van der Waals surface area contributed by atoms with E-state index in [0.717, 1.165) is 71.6 Å². The highest BCUT2D eigenvalue weighted by Crippen LogP contribution is 2.37. The molecule has 0 saturated carbocycles. The second-order valence-corrected chi connectivity index (χ2v) is 12.7. The SMILES string of the molecule is CCNC(=O)N=S(C)(=O)c1ccc(-c2cc(N3CCOCC3)nc3c(-c4ccnn4C4CCCCO4)nccc23)cc1. The molecule has 11 nitrogen and oxygen atoms in total. The molecular weight excluding hydrogens is 554 g/mol. The van der Waals surface area contributed by atoms with Crippen LogP contribution in [0.25, 0.3) is 33.4 Å². The maximum Gasteiger partial charge on any atom is 0.349 e. The van der Waals surface area contributed by atoms with Crippen LogP contribution in [0.1, 0.15) is 32.4 Å². The lowest BCUT2D eigenvalue weighted by Gasteiger charge is -2.29. The molecule has 4 aromatic rings. The van der Waals surface area contributed by atoms with Gasteiger partial charge in [0.15, 0.2) is 6.23 Å². The molecule has 1 aromatic carbocycles. The van der Waals surface area contributed by atoms with Crippen molar-refractivity contribution in [2.75, 3.05) is 50.6 Å². The number of ether oxygens (including phenoxy) is 2. The number of urea groups is 1. The highest BCUT2D eigenvalue weighted by molar-refractivity contribution is 7.93. The second kappa shape index (κ2) is 12.2. The summed E-state index contributed by atoms with van der Waals surface area (Å²) in [6, 6.07) is 12.8. The second-order valence-electron chi connectivity index (χ2n) is 10.4. The maximum atomic E-state index is 13.2. The van der Waals surface area contributed by atoms with Gasteiger partial charge in [0.2, 0.25) is 0 Å². The minimum Gasteiger partial charge on any atom is -0.378 e. The molecule has 6 rings (SSSR count). The Morgan fingerprint density at radius 2 is 1.90 bits per heavy atom. The van der Waals surface area contributed by atoms with Crippen LogP contribution in [-0.4, -0.2) is 75.7 Å². The molecule has 2 aliphatic heterocycles. The lowest BCUT2D eigenvalue weighted by atomic mass is 10.00. The van der Waals surface area contributed by atoms with E-state index in [9.17, 15) is 9.00 Å². The Hall–Kier alpha value is -3.87. The molecule has 0 radical (unpaired) electrons. The lowest BCUT2D eigenvalue weighted by Crippen LogP contribution is -2.36. The van der Waals surface area contributed by atoms with E-state index in [1.807, 2.05) is 28.9 Å². The van der Waals surface area contributed by atoms with Crippen molar-refractivity contribution in [2.24, 2.45) is 4.36 Å². The van der Waals surface area contributed by atoms with E-state index in [0.29, 0.717) is 31.3 Å². The predicted molar refractivity (Wildman–Crippen MR) is 162 cm³/mol. The fraction of sp³-hybridized carbons (Fsp3) is 0.400. The fourth-order valence-electron chi connectivity index (χ4n) is 5.45. The summed E-state index contributed by atoms with van der Waals surface area (Å²) in [6.45, 7) is 5.67. The average molecular weight is 590 g/mol. The zero-order chi connectivity index (χ0) is 29.1. The molecule has 2 unspecified atom stereocenters. The Morgan fingerprint density at radius 3 is 2.64 bits per heavy atom. The normalized spacial score (nSPS) is 18.9. The van der Waals surface area contributed by atoms with Crippen LogP contribution in [0, 0.1) is 0 Å². The summed E-state index contributed by atoms with van der Waals surface area (Å²) in [4.78, 5) is 24.7. The van der Waals surface area contributed by atoms with Gasteiger partial charge in [0.05, 0.1) is 28.6 Å². The number of aromatic nitrogens is 4. The Labute approximate surface area is 245 Å². The van der Waals surface area contributed by atoms with Crippen molar-refractivity contribution in [1.29, 1.82) is 0 Å². The van der Waals surface area contributed by atoms with E-state index in [1.165, 1.54) is 6.26 Å². The van der Waals surface area contributed by atoms with Gasteiger partial charge < -0.3 is 19.7 Å². The standard InChI is InChI=1S/C30H35N7O4S/c1-3-31-30(38)35-42(2,39)22-9-7-21(8-10-22)24-20-26(36-15-18-40-19-16-36)34-28-23(24)11-13-32-29(28)25-12-14-33-37(25)27-6-4-5-17-41-27/h7-14,20,27H,3-6,15-19H2,1-2H3,(H,31,38). The highest BCUT2D eigenvalue weighted by atomic mass is 32.2. The van der Waals surface area contributed by atoms with Crippen LogP contribution in [0.4, 0.5) is 10.6 Å². The lowest BCUT2D eigenvalue weighted by molar-refractivity contribution is -0.0383. The van der Waals surface area contributed by atoms with Crippen LogP contribution in [0.5, 0.6) is 0 Å². The van der Waals surface area contributed by atoms with Crippen LogP contribution < -0.4 is 10.2 Å². The molecule has 220 valence electrons. The molecule has 3 aromatic heterocycles. The third kappa shape index (κ3) is 5.74. The molecule has 2 fully saturated rings. The van der Waals surface area contributed by atoms with Gasteiger partial charge in [-0.1, -0.05) is 12.1 Å². The van der Waals surface area contributed by atoms with Gasteiger partial charge >= 0.3 is 6.03 Å². The van der Waals surface area contributed by atoms with E-state index >= 15 is 0 Å². The van der Waals surface area contributed by atoms with Gasteiger partial charge in [0.25, 0.3) is 0 Å². The van der Waals surface area contributed by atoms with Crippen molar-refractivity contribution >= 4 is 32.5 Å². The van der Waals surface area contributed by atoms with Crippen LogP contribution >= 0.6 is 0 Å². The smallest absolute Gasteiger partial charge is 0.349 e. The first-order valence-corrected chi connectivity index (χ1v) is 16.3. The van der Waals surface area contributed by atoms with Crippen LogP contribution in [-0.2, 0) is 19.2 Å². The van der Waals surface area contributed by atoms with Gasteiger partial charge in [-0.25, -0.2) is 18.7 Å². The van der Waals surface area contributed by atoms with Crippen molar-refractivity contribution in [2.45, 2.75) is 37.3 Å². The topological polar surface area (TPSA) is 124 Å². The van der Waals surface area contributed by atoms with E-state index in [1.54, 1.807) is 31.5 Å². The molecule has 2 amide bonds. The van der Waals surface area contributed by atoms with Crippen molar-refractivity contribution < 1.29 is 18.5 Å². The number of pyridine rings is 2. The van der Waals surface area contributed by atoms with E-state index in [2.05, 4.69) is 25.7 Å². The number of hydrogen-bond acceptors (Lipinski definition) is 8. The number of nitrogens with one attached hydrogen (secondary N) is 1. The minimum absolute atomic E-state index is 0.135. The van der Waals surface area contributed by atoms with E-state index < -0.39 is 15.8 Å². The molecular formula is C30H35N7O4S. The van der Waals surface area contributed by atoms with Crippen molar-refractivity contribution in [3.05, 3.63) is 54.9 Å². The minimum atomic E-state index is -2.90. The van der Waals surface area contributed by atoms with Crippen LogP contribution in [0.3, 0.4) is 0 Å². The Kier molecular flexibility index (Phi) is 8.18. The molecule has 0 aliphatic carbocycles. The molecule has 1 N–H and O–H groups in total. The van der Waals surface area contributed by atoms with Gasteiger partial charge in [0.1, 0.15) is 17.0 Å². The van der Waals surface area contributed by atoms with Crippen LogP contribution in [0.2, 0.25) is 0 Å². The Bertz CT molecular complexity index is 1700. The van der Waals surface area contributed by atoms with Crippen molar-refractivity contribution in [1.82, 2.24) is 25.1 Å². The van der Waals surface area contributed by atoms with E-state index in [-0.39, 0.29) is 6.23 Å². The quantitative estimate of drug-likeness (QED) is 0.338. The summed E-state index contributed by atoms with van der Waals surface area (Å²) in [6.07, 6.45) is 7.97. The summed E-state index contributed by atoms with van der Waals surface area (Å²) in [5.74, 6) is 0.838. The third-order valence-corrected chi connectivity index (χ3v) is 9.24. The highest BCUT2D eigenvalue weighted by Gasteiger charge is 2.24. The summed E-state index contributed by atoms with van der Waals surface area (Å²) >= 11 is 0. The number of morpholine rings is 1. The molecule has 12 heteroatoms. The summed E-state index contributed by atoms with van der Waals surface area (Å²) in [7, 11) is -2.90. The van der Waals surface area contributed by atoms with Crippen molar-refractivity contribution in [3.8, 4) is 22.5 Å². The van der Waals surface area contributed by atoms with Gasteiger partial charge in [0, 0.05) is 55.2 Å². The van der Waals surface area contributed by atoms with Crippen molar-refractivity contribution in [3.63, 3.8) is 0 Å². The first-order valence-electron chi connectivity index (χ1n) is 14.3. The molecule has 0 bridgehead atoms. The molecule has 0 spiro atoms. The number of rotatable bonds is 6. The van der Waals surface area contributed by atoms with Gasteiger partial charge in [-0.15, -0.1) is 4.36 Å². The zero-order valence-corrected chi connectivity index (χ0v) is 24.7. The Morgan fingerprint density at radius 1 is 1.10 bits per heavy atom. The Balaban J connectivity index is 1.47. The molecule has 42 heavy (non-hydrogen) atoms. The molecule has 2 atom stereocenters. The number of fused-ring (bicyclic) bond motifs is 1. The van der Waals surface area contributed by atoms with Gasteiger partial charge in [-0.05, 0) is 67.6 Å². The van der Waals surface area contributed by atoms with Crippen LogP contribution in [0.15, 0.2) is 64.1 Å². The monoisotopic (exact) mass is 589 g/mol. The van der Waals surface area contributed by atoms with Gasteiger partial charge in [-0.3, -0.25) is 4.98 Å². The number of carbonyl (C=O) groups is 1.